The van der Waals surface area contributed by atoms with Crippen LogP contribution in [0.5, 0.6) is 0 Å². The molecule has 1 aromatic carbocycles. The van der Waals surface area contributed by atoms with Gasteiger partial charge in [-0.1, -0.05) is 24.3 Å². The van der Waals surface area contributed by atoms with Gasteiger partial charge in [-0.25, -0.2) is 0 Å². The fourth-order valence-corrected chi connectivity index (χ4v) is 2.00. The summed E-state index contributed by atoms with van der Waals surface area (Å²) < 4.78 is 0.836. The van der Waals surface area contributed by atoms with E-state index in [-0.39, 0.29) is 12.5 Å². The van der Waals surface area contributed by atoms with E-state index in [1.807, 2.05) is 24.3 Å². The summed E-state index contributed by atoms with van der Waals surface area (Å²) in [7, 11) is 0. The lowest BCUT2D eigenvalue weighted by Crippen LogP contribution is -2.23. The van der Waals surface area contributed by atoms with Gasteiger partial charge in [0.05, 0.1) is 6.61 Å². The summed E-state index contributed by atoms with van der Waals surface area (Å²) in [4.78, 5) is 14.7. The Bertz CT molecular complexity index is 551. The smallest absolute Gasteiger partial charge is 0.267 e. The van der Waals surface area contributed by atoms with E-state index in [2.05, 4.69) is 26.2 Å². The van der Waals surface area contributed by atoms with Crippen molar-refractivity contribution in [1.82, 2.24) is 10.3 Å². The summed E-state index contributed by atoms with van der Waals surface area (Å²) in [6.45, 7) is 0.367. The number of benzene rings is 1. The Morgan fingerprint density at radius 2 is 2.06 bits per heavy atom. The van der Waals surface area contributed by atoms with Crippen LogP contribution in [0.1, 0.15) is 21.6 Å². The molecule has 0 bridgehead atoms. The average molecular weight is 309 g/mol. The zero-order chi connectivity index (χ0) is 13.0. The normalized spacial score (nSPS) is 10.3. The number of carbonyl (C=O) groups excluding carboxylic acids is 1. The summed E-state index contributed by atoms with van der Waals surface area (Å²) in [6.07, 6.45) is 1.70. The first kappa shape index (κ1) is 12.9. The molecule has 4 nitrogen and oxygen atoms in total. The highest BCUT2D eigenvalue weighted by Gasteiger charge is 2.08. The second-order valence-corrected chi connectivity index (χ2v) is 4.76. The van der Waals surface area contributed by atoms with Crippen molar-refractivity contribution in [2.75, 3.05) is 0 Å². The van der Waals surface area contributed by atoms with Crippen LogP contribution < -0.4 is 5.32 Å². The van der Waals surface area contributed by atoms with Gasteiger partial charge in [0.15, 0.2) is 0 Å². The number of carbonyl (C=O) groups is 1. The molecule has 0 saturated heterocycles. The maximum Gasteiger partial charge on any atom is 0.267 e. The number of amides is 1. The number of aromatic nitrogens is 1. The van der Waals surface area contributed by atoms with Crippen LogP contribution in [0.3, 0.4) is 0 Å². The first-order valence-corrected chi connectivity index (χ1v) is 6.30. The first-order valence-electron chi connectivity index (χ1n) is 5.50. The van der Waals surface area contributed by atoms with Crippen molar-refractivity contribution in [2.45, 2.75) is 13.2 Å². The lowest BCUT2D eigenvalue weighted by Gasteiger charge is -2.08. The quantitative estimate of drug-likeness (QED) is 0.810. The predicted octanol–water partition coefficient (Wildman–Crippen LogP) is 2.20. The molecule has 0 fully saturated rings. The topological polar surface area (TPSA) is 65.1 Å². The van der Waals surface area contributed by atoms with Gasteiger partial charge >= 0.3 is 0 Å². The zero-order valence-corrected chi connectivity index (χ0v) is 11.2. The minimum absolute atomic E-state index is 0.0277. The largest absolute Gasteiger partial charge is 0.392 e. The summed E-state index contributed by atoms with van der Waals surface area (Å²) in [5.74, 6) is -0.173. The molecule has 0 aliphatic carbocycles. The summed E-state index contributed by atoms with van der Waals surface area (Å²) >= 11 is 3.27. The second kappa shape index (κ2) is 5.84. The SMILES string of the molecule is O=C(NCc1ccccc1CO)c1cc(Br)c[nH]1. The predicted molar refractivity (Wildman–Crippen MR) is 72.0 cm³/mol. The molecule has 0 spiro atoms. The molecular weight excluding hydrogens is 296 g/mol. The van der Waals surface area contributed by atoms with Crippen molar-refractivity contribution in [3.05, 3.63) is 57.8 Å². The summed E-state index contributed by atoms with van der Waals surface area (Å²) in [5, 5.41) is 12.0. The standard InChI is InChI=1S/C13H13BrN2O2/c14-11-5-12(15-7-11)13(18)16-6-9-3-1-2-4-10(9)8-17/h1-5,7,15,17H,6,8H2,(H,16,18). The average Bonchev–Trinajstić information content (AvgIpc) is 2.83. The fourth-order valence-electron chi connectivity index (χ4n) is 1.65. The number of H-pyrrole nitrogens is 1. The molecule has 5 heteroatoms. The molecule has 0 saturated carbocycles. The van der Waals surface area contributed by atoms with Gasteiger partial charge in [0.25, 0.3) is 5.91 Å². The van der Waals surface area contributed by atoms with Gasteiger partial charge in [-0.2, -0.15) is 0 Å². The van der Waals surface area contributed by atoms with E-state index >= 15 is 0 Å². The lowest BCUT2D eigenvalue weighted by molar-refractivity contribution is 0.0946. The number of aliphatic hydroxyl groups is 1. The molecule has 0 atom stereocenters. The maximum absolute atomic E-state index is 11.8. The van der Waals surface area contributed by atoms with Crippen LogP contribution in [0.25, 0.3) is 0 Å². The third-order valence-electron chi connectivity index (χ3n) is 2.62. The molecule has 2 aromatic rings. The molecule has 0 unspecified atom stereocenters. The third kappa shape index (κ3) is 3.00. The van der Waals surface area contributed by atoms with Crippen LogP contribution in [0.15, 0.2) is 41.0 Å². The number of rotatable bonds is 4. The highest BCUT2D eigenvalue weighted by atomic mass is 79.9. The van der Waals surface area contributed by atoms with Crippen LogP contribution in [0.4, 0.5) is 0 Å². The molecule has 0 aliphatic heterocycles. The molecule has 0 aliphatic rings. The zero-order valence-electron chi connectivity index (χ0n) is 9.61. The van der Waals surface area contributed by atoms with Gasteiger partial charge in [0, 0.05) is 17.2 Å². The number of nitrogens with one attached hydrogen (secondary N) is 2. The van der Waals surface area contributed by atoms with Crippen molar-refractivity contribution < 1.29 is 9.90 Å². The van der Waals surface area contributed by atoms with Gasteiger partial charge in [0.2, 0.25) is 0 Å². The minimum atomic E-state index is -0.173. The molecule has 1 aromatic heterocycles. The van der Waals surface area contributed by atoms with Crippen LogP contribution in [-0.4, -0.2) is 16.0 Å². The van der Waals surface area contributed by atoms with Crippen LogP contribution in [0.2, 0.25) is 0 Å². The van der Waals surface area contributed by atoms with E-state index in [9.17, 15) is 9.90 Å². The Morgan fingerprint density at radius 1 is 1.33 bits per heavy atom. The fraction of sp³-hybridized carbons (Fsp3) is 0.154. The van der Waals surface area contributed by atoms with Crippen LogP contribution in [-0.2, 0) is 13.2 Å². The molecule has 1 heterocycles. The highest BCUT2D eigenvalue weighted by Crippen LogP contribution is 2.11. The van der Waals surface area contributed by atoms with Crippen molar-refractivity contribution in [2.24, 2.45) is 0 Å². The number of halogens is 1. The van der Waals surface area contributed by atoms with E-state index < -0.39 is 0 Å². The van der Waals surface area contributed by atoms with E-state index in [4.69, 9.17) is 0 Å². The number of aliphatic hydroxyl groups excluding tert-OH is 1. The molecular formula is C13H13BrN2O2. The van der Waals surface area contributed by atoms with Crippen molar-refractivity contribution in [1.29, 1.82) is 0 Å². The van der Waals surface area contributed by atoms with Gasteiger partial charge in [-0.15, -0.1) is 0 Å². The van der Waals surface area contributed by atoms with E-state index in [0.29, 0.717) is 12.2 Å². The van der Waals surface area contributed by atoms with Crippen LogP contribution in [0, 0.1) is 0 Å². The Morgan fingerprint density at radius 3 is 2.67 bits per heavy atom. The molecule has 18 heavy (non-hydrogen) atoms. The molecule has 0 radical (unpaired) electrons. The van der Waals surface area contributed by atoms with Crippen molar-refractivity contribution >= 4 is 21.8 Å². The Kier molecular flexibility index (Phi) is 4.17. The van der Waals surface area contributed by atoms with Gasteiger partial charge in [-0.3, -0.25) is 4.79 Å². The summed E-state index contributed by atoms with van der Waals surface area (Å²) in [5.41, 5.74) is 2.24. The van der Waals surface area contributed by atoms with Crippen LogP contribution >= 0.6 is 15.9 Å². The maximum atomic E-state index is 11.8. The Balaban J connectivity index is 2.01. The number of hydrogen-bond acceptors (Lipinski definition) is 2. The van der Waals surface area contributed by atoms with Gasteiger partial charge in [-0.05, 0) is 33.1 Å². The first-order chi connectivity index (χ1) is 8.70. The van der Waals surface area contributed by atoms with Gasteiger partial charge < -0.3 is 15.4 Å². The van der Waals surface area contributed by atoms with E-state index in [0.717, 1.165) is 15.6 Å². The van der Waals surface area contributed by atoms with Crippen molar-refractivity contribution in [3.63, 3.8) is 0 Å². The van der Waals surface area contributed by atoms with E-state index in [1.54, 1.807) is 12.3 Å². The molecule has 1 amide bonds. The minimum Gasteiger partial charge on any atom is -0.392 e. The molecule has 3 N–H and O–H groups in total. The molecule has 94 valence electrons. The highest BCUT2D eigenvalue weighted by molar-refractivity contribution is 9.10. The Hall–Kier alpha value is -1.59. The second-order valence-electron chi connectivity index (χ2n) is 3.84. The van der Waals surface area contributed by atoms with Crippen molar-refractivity contribution in [3.8, 4) is 0 Å². The monoisotopic (exact) mass is 308 g/mol. The Labute approximate surface area is 113 Å². The number of aromatic amines is 1. The molecule has 2 rings (SSSR count). The van der Waals surface area contributed by atoms with E-state index in [1.165, 1.54) is 0 Å². The lowest BCUT2D eigenvalue weighted by atomic mass is 10.1. The summed E-state index contributed by atoms with van der Waals surface area (Å²) in [6, 6.07) is 9.18. The third-order valence-corrected chi connectivity index (χ3v) is 3.08. The number of hydrogen-bond donors (Lipinski definition) is 3. The van der Waals surface area contributed by atoms with Gasteiger partial charge in [0.1, 0.15) is 5.69 Å².